The van der Waals surface area contributed by atoms with E-state index in [9.17, 15) is 0 Å². The highest BCUT2D eigenvalue weighted by atomic mass is 15.3. The van der Waals surface area contributed by atoms with E-state index in [0.717, 1.165) is 62.4 Å². The van der Waals surface area contributed by atoms with Crippen LogP contribution < -0.4 is 15.1 Å². The third-order valence-corrected chi connectivity index (χ3v) is 5.54. The van der Waals surface area contributed by atoms with Gasteiger partial charge in [0.2, 0.25) is 0 Å². The van der Waals surface area contributed by atoms with Gasteiger partial charge in [-0.05, 0) is 51.2 Å². The predicted molar refractivity (Wildman–Crippen MR) is 115 cm³/mol. The Bertz CT molecular complexity index is 796. The van der Waals surface area contributed by atoms with Gasteiger partial charge in [-0.1, -0.05) is 17.7 Å². The summed E-state index contributed by atoms with van der Waals surface area (Å²) >= 11 is 0. The first-order chi connectivity index (χ1) is 13.8. The van der Waals surface area contributed by atoms with Gasteiger partial charge in [0.25, 0.3) is 0 Å². The maximum atomic E-state index is 4.68. The van der Waals surface area contributed by atoms with Gasteiger partial charge in [-0.15, -0.1) is 0 Å². The molecule has 28 heavy (non-hydrogen) atoms. The Morgan fingerprint density at radius 2 is 1.82 bits per heavy atom. The second kappa shape index (κ2) is 9.04. The number of piperazine rings is 1. The molecule has 2 aromatic rings. The molecule has 6 nitrogen and oxygen atoms in total. The molecule has 0 radical (unpaired) electrons. The zero-order valence-corrected chi connectivity index (χ0v) is 16.8. The predicted octanol–water partition coefficient (Wildman–Crippen LogP) is 3.81. The molecule has 0 spiro atoms. The van der Waals surface area contributed by atoms with Crippen LogP contribution in [0.15, 0.2) is 42.1 Å². The molecular weight excluding hydrogens is 348 g/mol. The van der Waals surface area contributed by atoms with E-state index in [1.807, 2.05) is 25.3 Å². The van der Waals surface area contributed by atoms with E-state index < -0.39 is 0 Å². The zero-order valence-electron chi connectivity index (χ0n) is 16.8. The normalized spacial score (nSPS) is 17.4. The first kappa shape index (κ1) is 18.7. The Labute approximate surface area is 167 Å². The molecule has 0 unspecified atom stereocenters. The summed E-state index contributed by atoms with van der Waals surface area (Å²) in [6.45, 7) is 6.71. The maximum Gasteiger partial charge on any atom is 0.134 e. The van der Waals surface area contributed by atoms with E-state index in [1.165, 1.54) is 25.7 Å². The largest absolute Gasteiger partial charge is 0.370 e. The lowest BCUT2D eigenvalue weighted by molar-refractivity contribution is 0.640. The van der Waals surface area contributed by atoms with Crippen LogP contribution in [0.4, 0.5) is 17.5 Å². The minimum Gasteiger partial charge on any atom is -0.370 e. The fourth-order valence-corrected chi connectivity index (χ4v) is 3.99. The van der Waals surface area contributed by atoms with E-state index in [2.05, 4.69) is 48.3 Å². The molecule has 1 N–H and O–H groups in total. The van der Waals surface area contributed by atoms with Crippen molar-refractivity contribution in [3.05, 3.63) is 47.9 Å². The highest BCUT2D eigenvalue weighted by Gasteiger charge is 2.19. The van der Waals surface area contributed by atoms with Crippen LogP contribution in [0.2, 0.25) is 0 Å². The van der Waals surface area contributed by atoms with Gasteiger partial charge in [0, 0.05) is 45.0 Å². The number of anilines is 3. The Hall–Kier alpha value is -2.63. The van der Waals surface area contributed by atoms with Crippen molar-refractivity contribution in [2.75, 3.05) is 47.8 Å². The third-order valence-electron chi connectivity index (χ3n) is 5.54. The van der Waals surface area contributed by atoms with Crippen molar-refractivity contribution in [3.63, 3.8) is 0 Å². The van der Waals surface area contributed by atoms with Crippen molar-refractivity contribution >= 4 is 17.5 Å². The van der Waals surface area contributed by atoms with Crippen LogP contribution in [0, 0.1) is 6.92 Å². The fraction of sp³-hybridized carbons (Fsp3) is 0.500. The van der Waals surface area contributed by atoms with Crippen molar-refractivity contribution in [1.82, 2.24) is 15.0 Å². The minimum absolute atomic E-state index is 0.823. The van der Waals surface area contributed by atoms with Crippen LogP contribution in [0.1, 0.15) is 37.9 Å². The van der Waals surface area contributed by atoms with Crippen molar-refractivity contribution < 1.29 is 0 Å². The smallest absolute Gasteiger partial charge is 0.134 e. The lowest BCUT2D eigenvalue weighted by Gasteiger charge is -2.36. The van der Waals surface area contributed by atoms with Crippen LogP contribution in [-0.2, 0) is 0 Å². The highest BCUT2D eigenvalue weighted by molar-refractivity contribution is 5.51. The van der Waals surface area contributed by atoms with Crippen molar-refractivity contribution in [3.8, 4) is 0 Å². The van der Waals surface area contributed by atoms with Gasteiger partial charge in [0.15, 0.2) is 0 Å². The van der Waals surface area contributed by atoms with E-state index >= 15 is 0 Å². The lowest BCUT2D eigenvalue weighted by Crippen LogP contribution is -2.47. The summed E-state index contributed by atoms with van der Waals surface area (Å²) in [7, 11) is 0. The van der Waals surface area contributed by atoms with Crippen LogP contribution >= 0.6 is 0 Å². The summed E-state index contributed by atoms with van der Waals surface area (Å²) in [6.07, 6.45) is 10.6. The standard InChI is InChI=1S/C22H30N6/c1-18-25-20(23-12-10-19-7-3-2-4-8-19)17-22(26-18)28-15-13-27(14-16-28)21-9-5-6-11-24-21/h5-7,9,11,17H,2-4,8,10,12-16H2,1H3,(H,23,25,26). The van der Waals surface area contributed by atoms with Gasteiger partial charge in [-0.2, -0.15) is 0 Å². The molecule has 0 bridgehead atoms. The summed E-state index contributed by atoms with van der Waals surface area (Å²) in [5.41, 5.74) is 1.59. The molecule has 2 aliphatic rings. The number of nitrogens with zero attached hydrogens (tertiary/aromatic N) is 5. The molecule has 1 aliphatic carbocycles. The van der Waals surface area contributed by atoms with Crippen molar-refractivity contribution in [2.45, 2.75) is 39.0 Å². The molecule has 148 valence electrons. The number of allylic oxidation sites excluding steroid dienone is 1. The molecule has 1 fully saturated rings. The maximum absolute atomic E-state index is 4.68. The van der Waals surface area contributed by atoms with Crippen LogP contribution in [0.25, 0.3) is 0 Å². The minimum atomic E-state index is 0.823. The topological polar surface area (TPSA) is 57.2 Å². The van der Waals surface area contributed by atoms with Gasteiger partial charge >= 0.3 is 0 Å². The lowest BCUT2D eigenvalue weighted by atomic mass is 9.97. The monoisotopic (exact) mass is 378 g/mol. The molecular formula is C22H30N6. The number of hydrogen-bond acceptors (Lipinski definition) is 6. The molecule has 1 saturated heterocycles. The van der Waals surface area contributed by atoms with E-state index in [4.69, 9.17) is 0 Å². The molecule has 3 heterocycles. The van der Waals surface area contributed by atoms with Gasteiger partial charge in [-0.3, -0.25) is 0 Å². The van der Waals surface area contributed by atoms with E-state index in [1.54, 1.807) is 5.57 Å². The van der Waals surface area contributed by atoms with Gasteiger partial charge in [-0.25, -0.2) is 15.0 Å². The molecule has 2 aromatic heterocycles. The first-order valence-corrected chi connectivity index (χ1v) is 10.5. The molecule has 0 amide bonds. The quantitative estimate of drug-likeness (QED) is 0.772. The van der Waals surface area contributed by atoms with Crippen molar-refractivity contribution in [1.29, 1.82) is 0 Å². The van der Waals surface area contributed by atoms with Gasteiger partial charge in [0.1, 0.15) is 23.3 Å². The third kappa shape index (κ3) is 4.80. The Balaban J connectivity index is 1.34. The molecule has 6 heteroatoms. The van der Waals surface area contributed by atoms with E-state index in [-0.39, 0.29) is 0 Å². The summed E-state index contributed by atoms with van der Waals surface area (Å²) in [4.78, 5) is 18.4. The summed E-state index contributed by atoms with van der Waals surface area (Å²) in [5, 5.41) is 3.51. The SMILES string of the molecule is Cc1nc(NCCC2=CCCCC2)cc(N2CCN(c3ccccn3)CC2)n1. The molecule has 0 saturated carbocycles. The number of hydrogen-bond donors (Lipinski definition) is 1. The Kier molecular flexibility index (Phi) is 6.04. The molecule has 0 atom stereocenters. The second-order valence-corrected chi connectivity index (χ2v) is 7.61. The second-order valence-electron chi connectivity index (χ2n) is 7.61. The Morgan fingerprint density at radius 3 is 2.54 bits per heavy atom. The summed E-state index contributed by atoms with van der Waals surface area (Å²) < 4.78 is 0. The molecule has 0 aromatic carbocycles. The van der Waals surface area contributed by atoms with Crippen LogP contribution in [0.3, 0.4) is 0 Å². The van der Waals surface area contributed by atoms with Crippen LogP contribution in [-0.4, -0.2) is 47.7 Å². The number of pyridine rings is 1. The molecule has 4 rings (SSSR count). The first-order valence-electron chi connectivity index (χ1n) is 10.5. The van der Waals surface area contributed by atoms with Gasteiger partial charge in [0.05, 0.1) is 0 Å². The van der Waals surface area contributed by atoms with E-state index in [0.29, 0.717) is 0 Å². The number of nitrogens with one attached hydrogen (secondary N) is 1. The zero-order chi connectivity index (χ0) is 19.2. The molecule has 1 aliphatic heterocycles. The fourth-order valence-electron chi connectivity index (χ4n) is 3.99. The highest BCUT2D eigenvalue weighted by Crippen LogP contribution is 2.22. The van der Waals surface area contributed by atoms with Gasteiger partial charge < -0.3 is 15.1 Å². The van der Waals surface area contributed by atoms with Crippen molar-refractivity contribution in [2.24, 2.45) is 0 Å². The average Bonchev–Trinajstić information content (AvgIpc) is 2.75. The average molecular weight is 379 g/mol. The van der Waals surface area contributed by atoms with Crippen LogP contribution in [0.5, 0.6) is 0 Å². The number of aromatic nitrogens is 3. The number of aryl methyl sites for hydroxylation is 1. The Morgan fingerprint density at radius 1 is 1.00 bits per heavy atom. The summed E-state index contributed by atoms with van der Waals surface area (Å²) in [6, 6.07) is 8.18. The number of rotatable bonds is 6. The summed E-state index contributed by atoms with van der Waals surface area (Å²) in [5.74, 6) is 3.84.